The number of nitrogens with zero attached hydrogens (tertiary/aromatic N) is 6. The van der Waals surface area contributed by atoms with E-state index < -0.39 is 10.0 Å². The van der Waals surface area contributed by atoms with Gasteiger partial charge in [0.25, 0.3) is 0 Å². The molecule has 3 aromatic rings. The summed E-state index contributed by atoms with van der Waals surface area (Å²) < 4.78 is 29.3. The van der Waals surface area contributed by atoms with Crippen LogP contribution in [0.25, 0.3) is 5.65 Å². The van der Waals surface area contributed by atoms with E-state index in [0.717, 1.165) is 17.1 Å². The standard InChI is InChI=1S/C20H26N6O2S/c1-15-22-23-19-13-17(14-21-26(15)19)24-9-11-25(12-10-24)29(27,28)18-7-5-16(6-8-18)20(2,3)4/h5-8,13-14H,9-12H2,1-4H3. The van der Waals surface area contributed by atoms with Gasteiger partial charge in [-0.2, -0.15) is 13.9 Å². The maximum atomic E-state index is 13.0. The Morgan fingerprint density at radius 3 is 2.24 bits per heavy atom. The number of anilines is 1. The summed E-state index contributed by atoms with van der Waals surface area (Å²) in [5, 5.41) is 12.5. The van der Waals surface area contributed by atoms with Crippen molar-refractivity contribution in [2.75, 3.05) is 31.1 Å². The van der Waals surface area contributed by atoms with E-state index in [2.05, 4.69) is 41.0 Å². The first kappa shape index (κ1) is 19.8. The zero-order chi connectivity index (χ0) is 20.8. The molecule has 0 N–H and O–H groups in total. The third-order valence-corrected chi connectivity index (χ3v) is 7.28. The van der Waals surface area contributed by atoms with Crippen LogP contribution in [0.4, 0.5) is 5.69 Å². The summed E-state index contributed by atoms with van der Waals surface area (Å²) in [4.78, 5) is 2.48. The molecule has 2 aromatic heterocycles. The minimum atomic E-state index is -3.50. The first-order chi connectivity index (χ1) is 13.7. The molecule has 0 spiro atoms. The number of benzene rings is 1. The van der Waals surface area contributed by atoms with E-state index in [1.807, 2.05) is 25.1 Å². The summed E-state index contributed by atoms with van der Waals surface area (Å²) in [7, 11) is -3.50. The van der Waals surface area contributed by atoms with Gasteiger partial charge in [0, 0.05) is 32.2 Å². The molecule has 29 heavy (non-hydrogen) atoms. The van der Waals surface area contributed by atoms with Crippen molar-refractivity contribution in [3.63, 3.8) is 0 Å². The Labute approximate surface area is 171 Å². The fraction of sp³-hybridized carbons (Fsp3) is 0.450. The molecule has 0 aliphatic carbocycles. The number of aryl methyl sites for hydroxylation is 1. The molecule has 1 aliphatic heterocycles. The normalized spacial score (nSPS) is 16.5. The highest BCUT2D eigenvalue weighted by Gasteiger charge is 2.29. The number of aromatic nitrogens is 4. The van der Waals surface area contributed by atoms with Crippen LogP contribution in [-0.2, 0) is 15.4 Å². The van der Waals surface area contributed by atoms with E-state index in [9.17, 15) is 8.42 Å². The zero-order valence-corrected chi connectivity index (χ0v) is 18.0. The van der Waals surface area contributed by atoms with Crippen molar-refractivity contribution in [1.82, 2.24) is 24.1 Å². The van der Waals surface area contributed by atoms with Crippen LogP contribution in [0.5, 0.6) is 0 Å². The van der Waals surface area contributed by atoms with Crippen LogP contribution in [0.15, 0.2) is 41.4 Å². The highest BCUT2D eigenvalue weighted by Crippen LogP contribution is 2.26. The van der Waals surface area contributed by atoms with Crippen molar-refractivity contribution in [3.8, 4) is 0 Å². The summed E-state index contributed by atoms with van der Waals surface area (Å²) in [6.45, 7) is 10.3. The Hall–Kier alpha value is -2.52. The minimum absolute atomic E-state index is 0.00797. The lowest BCUT2D eigenvalue weighted by Gasteiger charge is -2.35. The summed E-state index contributed by atoms with van der Waals surface area (Å²) in [6, 6.07) is 9.18. The molecule has 0 unspecified atom stereocenters. The number of piperazine rings is 1. The maximum absolute atomic E-state index is 13.0. The molecule has 0 amide bonds. The van der Waals surface area contributed by atoms with Crippen LogP contribution in [0.2, 0.25) is 0 Å². The number of fused-ring (bicyclic) bond motifs is 1. The molecule has 0 atom stereocenters. The van der Waals surface area contributed by atoms with Crippen LogP contribution in [0.3, 0.4) is 0 Å². The molecule has 1 saturated heterocycles. The molecule has 8 nitrogen and oxygen atoms in total. The van der Waals surface area contributed by atoms with Crippen molar-refractivity contribution in [3.05, 3.63) is 47.9 Å². The van der Waals surface area contributed by atoms with Gasteiger partial charge in [-0.05, 0) is 30.0 Å². The summed E-state index contributed by atoms with van der Waals surface area (Å²) in [5.41, 5.74) is 2.73. The van der Waals surface area contributed by atoms with Crippen molar-refractivity contribution in [1.29, 1.82) is 0 Å². The van der Waals surface area contributed by atoms with E-state index in [-0.39, 0.29) is 5.41 Å². The Balaban J connectivity index is 1.48. The molecule has 154 valence electrons. The van der Waals surface area contributed by atoms with Crippen molar-refractivity contribution < 1.29 is 8.42 Å². The van der Waals surface area contributed by atoms with Crippen LogP contribution in [0.1, 0.15) is 32.2 Å². The molecule has 4 rings (SSSR count). The first-order valence-electron chi connectivity index (χ1n) is 9.70. The third-order valence-electron chi connectivity index (χ3n) is 5.37. The Kier molecular flexibility index (Phi) is 4.82. The summed E-state index contributed by atoms with van der Waals surface area (Å²) in [6.07, 6.45) is 1.78. The lowest BCUT2D eigenvalue weighted by atomic mass is 9.87. The molecule has 1 aromatic carbocycles. The molecule has 1 fully saturated rings. The second kappa shape index (κ2) is 7.07. The number of hydrogen-bond donors (Lipinski definition) is 0. The van der Waals surface area contributed by atoms with Gasteiger partial charge in [0.05, 0.1) is 16.8 Å². The minimum Gasteiger partial charge on any atom is -0.367 e. The highest BCUT2D eigenvalue weighted by molar-refractivity contribution is 7.89. The molecular formula is C20H26N6O2S. The molecule has 3 heterocycles. The summed E-state index contributed by atoms with van der Waals surface area (Å²) >= 11 is 0. The van der Waals surface area contributed by atoms with Gasteiger partial charge >= 0.3 is 0 Å². The molecule has 9 heteroatoms. The average molecular weight is 415 g/mol. The highest BCUT2D eigenvalue weighted by atomic mass is 32.2. The predicted molar refractivity (Wildman–Crippen MR) is 112 cm³/mol. The molecule has 0 radical (unpaired) electrons. The van der Waals surface area contributed by atoms with Crippen molar-refractivity contribution in [2.24, 2.45) is 0 Å². The van der Waals surface area contributed by atoms with Crippen LogP contribution >= 0.6 is 0 Å². The van der Waals surface area contributed by atoms with Crippen LogP contribution in [-0.4, -0.2) is 58.7 Å². The van der Waals surface area contributed by atoms with Crippen LogP contribution < -0.4 is 4.90 Å². The van der Waals surface area contributed by atoms with E-state index in [0.29, 0.717) is 36.7 Å². The fourth-order valence-corrected chi connectivity index (χ4v) is 4.95. The van der Waals surface area contributed by atoms with Gasteiger partial charge in [0.15, 0.2) is 11.5 Å². The van der Waals surface area contributed by atoms with E-state index >= 15 is 0 Å². The molecule has 0 saturated carbocycles. The van der Waals surface area contributed by atoms with Gasteiger partial charge in [-0.3, -0.25) is 0 Å². The van der Waals surface area contributed by atoms with Gasteiger partial charge in [-0.1, -0.05) is 32.9 Å². The van der Waals surface area contributed by atoms with Gasteiger partial charge in [0.1, 0.15) is 0 Å². The van der Waals surface area contributed by atoms with Gasteiger partial charge < -0.3 is 4.90 Å². The summed E-state index contributed by atoms with van der Waals surface area (Å²) in [5.74, 6) is 0.736. The lowest BCUT2D eigenvalue weighted by molar-refractivity contribution is 0.384. The number of rotatable bonds is 3. The van der Waals surface area contributed by atoms with E-state index in [4.69, 9.17) is 0 Å². The lowest BCUT2D eigenvalue weighted by Crippen LogP contribution is -2.48. The number of sulfonamides is 1. The zero-order valence-electron chi connectivity index (χ0n) is 17.2. The Morgan fingerprint density at radius 2 is 1.62 bits per heavy atom. The molecule has 1 aliphatic rings. The number of hydrogen-bond acceptors (Lipinski definition) is 6. The SMILES string of the molecule is Cc1nnc2cc(N3CCN(S(=O)(=O)c4ccc(C(C)(C)C)cc4)CC3)cnn12. The largest absolute Gasteiger partial charge is 0.367 e. The van der Waals surface area contributed by atoms with Gasteiger partial charge in [-0.15, -0.1) is 10.2 Å². The fourth-order valence-electron chi connectivity index (χ4n) is 3.53. The first-order valence-corrected chi connectivity index (χ1v) is 11.1. The monoisotopic (exact) mass is 414 g/mol. The average Bonchev–Trinajstić information content (AvgIpc) is 3.08. The molecule has 0 bridgehead atoms. The van der Waals surface area contributed by atoms with Crippen molar-refractivity contribution in [2.45, 2.75) is 38.0 Å². The van der Waals surface area contributed by atoms with E-state index in [1.54, 1.807) is 27.2 Å². The maximum Gasteiger partial charge on any atom is 0.243 e. The smallest absolute Gasteiger partial charge is 0.243 e. The van der Waals surface area contributed by atoms with Crippen LogP contribution in [0, 0.1) is 6.92 Å². The Bertz CT molecular complexity index is 1120. The van der Waals surface area contributed by atoms with Gasteiger partial charge in [0.2, 0.25) is 10.0 Å². The molecular weight excluding hydrogens is 388 g/mol. The topological polar surface area (TPSA) is 83.7 Å². The van der Waals surface area contributed by atoms with Crippen molar-refractivity contribution >= 4 is 21.4 Å². The predicted octanol–water partition coefficient (Wildman–Crippen LogP) is 2.24. The Morgan fingerprint density at radius 1 is 0.966 bits per heavy atom. The third kappa shape index (κ3) is 3.72. The van der Waals surface area contributed by atoms with Gasteiger partial charge in [-0.25, -0.2) is 8.42 Å². The second-order valence-electron chi connectivity index (χ2n) is 8.40. The van der Waals surface area contributed by atoms with E-state index in [1.165, 1.54) is 0 Å². The quantitative estimate of drug-likeness (QED) is 0.654. The second-order valence-corrected chi connectivity index (χ2v) is 10.3.